The van der Waals surface area contributed by atoms with E-state index < -0.39 is 0 Å². The van der Waals surface area contributed by atoms with Gasteiger partial charge in [0.1, 0.15) is 0 Å². The third kappa shape index (κ3) is 2.05. The van der Waals surface area contributed by atoms with E-state index in [1.54, 1.807) is 5.57 Å². The van der Waals surface area contributed by atoms with Gasteiger partial charge in [0.05, 0.1) is 0 Å². The Bertz CT molecular complexity index is 134. The molecule has 1 rings (SSSR count). The average molecular weight is 124 g/mol. The fourth-order valence-corrected chi connectivity index (χ4v) is 1.13. The van der Waals surface area contributed by atoms with Crippen LogP contribution in [0.5, 0.6) is 0 Å². The summed E-state index contributed by atoms with van der Waals surface area (Å²) in [6.07, 6.45) is 11.8. The summed E-state index contributed by atoms with van der Waals surface area (Å²) in [7, 11) is 0. The Kier molecular flexibility index (Phi) is 2.56. The van der Waals surface area contributed by atoms with E-state index in [1.807, 2.05) is 0 Å². The van der Waals surface area contributed by atoms with Crippen LogP contribution in [0.25, 0.3) is 0 Å². The van der Waals surface area contributed by atoms with E-state index in [4.69, 9.17) is 0 Å². The van der Waals surface area contributed by atoms with Gasteiger partial charge in [-0.25, -0.2) is 0 Å². The Morgan fingerprint density at radius 2 is 2.56 bits per heavy atom. The zero-order valence-electron chi connectivity index (χ0n) is 6.06. The van der Waals surface area contributed by atoms with Crippen molar-refractivity contribution in [3.05, 3.63) is 23.8 Å². The lowest BCUT2D eigenvalue weighted by molar-refractivity contribution is 0.812. The summed E-state index contributed by atoms with van der Waals surface area (Å²) in [5.74, 6) is 0. The van der Waals surface area contributed by atoms with Crippen LogP contribution in [0.15, 0.2) is 23.8 Å². The van der Waals surface area contributed by atoms with Crippen molar-refractivity contribution < 1.29 is 1.43 Å². The highest BCUT2D eigenvalue weighted by Crippen LogP contribution is 2.14. The number of hydrogen-bond acceptors (Lipinski definition) is 0. The molecule has 0 spiro atoms. The second-order valence-corrected chi connectivity index (χ2v) is 2.50. The Hall–Kier alpha value is -0.520. The first-order chi connectivity index (χ1) is 4.43. The third-order valence-electron chi connectivity index (χ3n) is 1.79. The highest BCUT2D eigenvalue weighted by Gasteiger charge is 1.94. The van der Waals surface area contributed by atoms with Crippen molar-refractivity contribution in [2.75, 3.05) is 0 Å². The summed E-state index contributed by atoms with van der Waals surface area (Å²) < 4.78 is 0. The van der Waals surface area contributed by atoms with Gasteiger partial charge in [-0.1, -0.05) is 30.7 Å². The molecule has 9 heavy (non-hydrogen) atoms. The van der Waals surface area contributed by atoms with Crippen LogP contribution in [-0.2, 0) is 0 Å². The van der Waals surface area contributed by atoms with Crippen LogP contribution in [0.4, 0.5) is 0 Å². The number of allylic oxidation sites excluding steroid dienone is 4. The molecule has 0 aromatic carbocycles. The van der Waals surface area contributed by atoms with E-state index in [0.29, 0.717) is 0 Å². The maximum atomic E-state index is 2.26. The largest absolute Gasteiger partial charge is 0.0845 e. The molecule has 52 valence electrons. The van der Waals surface area contributed by atoms with Gasteiger partial charge in [0.25, 0.3) is 0 Å². The van der Waals surface area contributed by atoms with Gasteiger partial charge in [0.2, 0.25) is 0 Å². The fourth-order valence-electron chi connectivity index (χ4n) is 1.13. The van der Waals surface area contributed by atoms with E-state index in [-0.39, 0.29) is 1.43 Å². The van der Waals surface area contributed by atoms with Gasteiger partial charge in [0.15, 0.2) is 0 Å². The molecule has 0 aliphatic heterocycles. The molecule has 0 aromatic heterocycles. The molecular weight excluding hydrogens is 108 g/mol. The maximum absolute atomic E-state index is 2.26. The van der Waals surface area contributed by atoms with Gasteiger partial charge < -0.3 is 0 Å². The van der Waals surface area contributed by atoms with Crippen LogP contribution < -0.4 is 0 Å². The molecule has 0 unspecified atom stereocenters. The van der Waals surface area contributed by atoms with Crippen LogP contribution in [-0.4, -0.2) is 0 Å². The lowest BCUT2D eigenvalue weighted by atomic mass is 10.1. The first-order valence-corrected chi connectivity index (χ1v) is 3.78. The molecule has 0 fully saturated rings. The van der Waals surface area contributed by atoms with Gasteiger partial charge >= 0.3 is 0 Å². The van der Waals surface area contributed by atoms with Crippen molar-refractivity contribution >= 4 is 0 Å². The van der Waals surface area contributed by atoms with E-state index in [9.17, 15) is 0 Å². The molecule has 0 amide bonds. The molecule has 0 nitrogen and oxygen atoms in total. The first kappa shape index (κ1) is 6.60. The highest BCUT2D eigenvalue weighted by molar-refractivity contribution is 5.14. The van der Waals surface area contributed by atoms with Gasteiger partial charge in [-0.05, 0) is 25.7 Å². The smallest absolute Gasteiger partial charge is 0 e. The fraction of sp³-hybridized carbons (Fsp3) is 0.556. The SMILES string of the molecule is CCC1=CC=CCCC1.[HH]. The summed E-state index contributed by atoms with van der Waals surface area (Å²) in [5, 5.41) is 0. The van der Waals surface area contributed by atoms with Gasteiger partial charge in [-0.15, -0.1) is 0 Å². The van der Waals surface area contributed by atoms with E-state index >= 15 is 0 Å². The minimum Gasteiger partial charge on any atom is -0.0845 e. The third-order valence-corrected chi connectivity index (χ3v) is 1.79. The molecule has 0 radical (unpaired) electrons. The molecular formula is C9H16. The highest BCUT2D eigenvalue weighted by atomic mass is 14.0. The summed E-state index contributed by atoms with van der Waals surface area (Å²) in [6.45, 7) is 2.23. The predicted octanol–water partition coefficient (Wildman–Crippen LogP) is 3.31. The van der Waals surface area contributed by atoms with Crippen molar-refractivity contribution in [2.24, 2.45) is 0 Å². The summed E-state index contributed by atoms with van der Waals surface area (Å²) in [5.41, 5.74) is 1.60. The van der Waals surface area contributed by atoms with Crippen LogP contribution in [0, 0.1) is 0 Å². The van der Waals surface area contributed by atoms with Crippen molar-refractivity contribution in [2.45, 2.75) is 32.6 Å². The lowest BCUT2D eigenvalue weighted by Crippen LogP contribution is -1.77. The zero-order valence-corrected chi connectivity index (χ0v) is 6.06. The summed E-state index contributed by atoms with van der Waals surface area (Å²) >= 11 is 0. The molecule has 0 saturated heterocycles. The van der Waals surface area contributed by atoms with Crippen LogP contribution in [0.3, 0.4) is 0 Å². The zero-order chi connectivity index (χ0) is 6.53. The van der Waals surface area contributed by atoms with Crippen LogP contribution in [0.2, 0.25) is 0 Å². The normalized spacial score (nSPS) is 19.0. The number of hydrogen-bond donors (Lipinski definition) is 0. The first-order valence-electron chi connectivity index (χ1n) is 3.78. The second-order valence-electron chi connectivity index (χ2n) is 2.50. The van der Waals surface area contributed by atoms with Gasteiger partial charge in [-0.2, -0.15) is 0 Å². The van der Waals surface area contributed by atoms with Gasteiger partial charge in [-0.3, -0.25) is 0 Å². The van der Waals surface area contributed by atoms with Crippen molar-refractivity contribution in [3.8, 4) is 0 Å². The quantitative estimate of drug-likeness (QED) is 0.503. The van der Waals surface area contributed by atoms with E-state index in [2.05, 4.69) is 25.2 Å². The summed E-state index contributed by atoms with van der Waals surface area (Å²) in [4.78, 5) is 0. The molecule has 1 aliphatic carbocycles. The average Bonchev–Trinajstić information content (AvgIpc) is 2.13. The van der Waals surface area contributed by atoms with Crippen LogP contribution in [0.1, 0.15) is 34.0 Å². The molecule has 1 aliphatic rings. The summed E-state index contributed by atoms with van der Waals surface area (Å²) in [6, 6.07) is 0. The minimum atomic E-state index is 0. The molecule has 0 atom stereocenters. The monoisotopic (exact) mass is 124 g/mol. The Morgan fingerprint density at radius 1 is 1.67 bits per heavy atom. The van der Waals surface area contributed by atoms with E-state index in [1.165, 1.54) is 25.7 Å². The van der Waals surface area contributed by atoms with Gasteiger partial charge in [0, 0.05) is 1.43 Å². The number of rotatable bonds is 1. The standard InChI is InChI=1S/C9H14.H2/c1-2-9-7-5-3-4-6-8-9;/h3,5,7H,2,4,6,8H2,1H3;1H. The Labute approximate surface area is 58.8 Å². The van der Waals surface area contributed by atoms with Crippen LogP contribution >= 0.6 is 0 Å². The molecule has 0 heterocycles. The Balaban J connectivity index is 0.000000810. The van der Waals surface area contributed by atoms with E-state index in [0.717, 1.165) is 0 Å². The van der Waals surface area contributed by atoms with Crippen molar-refractivity contribution in [1.82, 2.24) is 0 Å². The Morgan fingerprint density at radius 3 is 3.33 bits per heavy atom. The molecule has 0 heteroatoms. The minimum absolute atomic E-state index is 0. The predicted molar refractivity (Wildman–Crippen MR) is 43.5 cm³/mol. The van der Waals surface area contributed by atoms with Crippen molar-refractivity contribution in [3.63, 3.8) is 0 Å². The molecule has 0 N–H and O–H groups in total. The van der Waals surface area contributed by atoms with Crippen molar-refractivity contribution in [1.29, 1.82) is 0 Å². The molecule has 0 aromatic rings. The molecule has 0 saturated carbocycles. The second kappa shape index (κ2) is 3.49. The maximum Gasteiger partial charge on any atom is 0 e. The lowest BCUT2D eigenvalue weighted by Gasteiger charge is -1.97. The molecule has 0 bridgehead atoms. The topological polar surface area (TPSA) is 0 Å².